The number of rotatable bonds is 24. The summed E-state index contributed by atoms with van der Waals surface area (Å²) in [6, 6.07) is 0. The SMILES string of the molecule is CCC[N+]1(CC)CCCCC1.CCC[N+]1(CC)CCCCC1.CCC[N+]1(CC)CCCCC1.CCC[N+]1(CC)CCCCC1.CCC[N+]1(CC)CCCCC1.CCC[N+]1(CC)CCCCC1.CCC[N+]1(CC)CCCCC1.CCC[N+]1(CC)CCCCC1.N#CB([O-])[O-].N#CB([O-])[O-].N#CB([O-])[O-].N#CB([O-])[O-]. The fourth-order valence-corrected chi connectivity index (χ4v) is 18.8. The first-order valence-corrected chi connectivity index (χ1v) is 45.4. The van der Waals surface area contributed by atoms with Gasteiger partial charge in [-0.2, -0.15) is 0 Å². The Morgan fingerprint density at radius 3 is 0.296 bits per heavy atom. The quantitative estimate of drug-likeness (QED) is 0.0651. The summed E-state index contributed by atoms with van der Waals surface area (Å²) >= 11 is 0. The van der Waals surface area contributed by atoms with Crippen LogP contribution in [0.4, 0.5) is 0 Å². The molecule has 20 nitrogen and oxygen atoms in total. The van der Waals surface area contributed by atoms with Crippen LogP contribution in [-0.4, -0.2) is 274 Å². The highest BCUT2D eigenvalue weighted by molar-refractivity contribution is 6.47. The molecule has 0 aromatic carbocycles. The summed E-state index contributed by atoms with van der Waals surface area (Å²) in [5, 5.41) is 101. The van der Waals surface area contributed by atoms with Gasteiger partial charge in [0.15, 0.2) is 0 Å². The maximum absolute atomic E-state index is 8.98. The lowest BCUT2D eigenvalue weighted by Gasteiger charge is -2.40. The van der Waals surface area contributed by atoms with Gasteiger partial charge in [-0.05, 0) is 285 Å². The number of nitrogens with zero attached hydrogens (tertiary/aromatic N) is 12. The molecular formula is C84H176B4N12O8. The van der Waals surface area contributed by atoms with E-state index in [1.54, 1.807) is 0 Å². The second-order valence-electron chi connectivity index (χ2n) is 33.0. The summed E-state index contributed by atoms with van der Waals surface area (Å²) in [6.45, 7) is 82.6. The van der Waals surface area contributed by atoms with Crippen LogP contribution in [0.1, 0.15) is 316 Å². The van der Waals surface area contributed by atoms with Gasteiger partial charge in [0.25, 0.3) is 0 Å². The van der Waals surface area contributed by atoms with E-state index >= 15 is 0 Å². The van der Waals surface area contributed by atoms with Crippen molar-refractivity contribution in [1.82, 2.24) is 0 Å². The molecular weight excluding hydrogens is 1350 g/mol. The van der Waals surface area contributed by atoms with Crippen LogP contribution < -0.4 is 40.2 Å². The topological polar surface area (TPSA) is 280 Å². The molecule has 8 fully saturated rings. The zero-order valence-corrected chi connectivity index (χ0v) is 74.2. The molecule has 0 saturated carbocycles. The van der Waals surface area contributed by atoms with E-state index in [0.717, 1.165) is 23.9 Å². The number of quaternary nitrogens is 8. The predicted octanol–water partition coefficient (Wildman–Crippen LogP) is 8.37. The molecule has 8 heterocycles. The van der Waals surface area contributed by atoms with E-state index in [1.165, 1.54) is 451 Å². The zero-order chi connectivity index (χ0) is 82.4. The van der Waals surface area contributed by atoms with E-state index in [0.29, 0.717) is 0 Å². The molecule has 0 aromatic heterocycles. The third-order valence-corrected chi connectivity index (χ3v) is 25.5. The van der Waals surface area contributed by atoms with Gasteiger partial charge < -0.3 is 76.1 Å². The van der Waals surface area contributed by atoms with Crippen LogP contribution in [0.3, 0.4) is 0 Å². The lowest BCUT2D eigenvalue weighted by molar-refractivity contribution is -0.930. The van der Waals surface area contributed by atoms with Gasteiger partial charge in [-0.15, -0.1) is 0 Å². The average molecular weight is 1530 g/mol. The third-order valence-electron chi connectivity index (χ3n) is 25.5. The standard InChI is InChI=1S/8C10H22N.4CBNO2/c8*1-3-8-11(4-2)9-6-5-7-10-11;4*3-1-2(4)5/h8*3-10H2,1-2H3;;;;/q8*+1;4*-2. The molecule has 24 heteroatoms. The van der Waals surface area contributed by atoms with Crippen molar-refractivity contribution in [2.24, 2.45) is 0 Å². The van der Waals surface area contributed by atoms with Gasteiger partial charge in [-0.1, -0.05) is 55.4 Å². The molecule has 8 aliphatic rings. The van der Waals surface area contributed by atoms with Crippen molar-refractivity contribution in [2.75, 3.05) is 209 Å². The van der Waals surface area contributed by atoms with Crippen molar-refractivity contribution < 1.29 is 76.1 Å². The molecule has 108 heavy (non-hydrogen) atoms. The lowest BCUT2D eigenvalue weighted by Crippen LogP contribution is -2.51. The first-order chi connectivity index (χ1) is 51.7. The Kier molecular flexibility index (Phi) is 73.7. The van der Waals surface area contributed by atoms with Crippen LogP contribution in [0.2, 0.25) is 0 Å². The molecule has 632 valence electrons. The summed E-state index contributed by atoms with van der Waals surface area (Å²) in [5.41, 5.74) is 0. The molecule has 0 bridgehead atoms. The highest BCUT2D eigenvalue weighted by Crippen LogP contribution is 2.25. The van der Waals surface area contributed by atoms with E-state index in [4.69, 9.17) is 61.2 Å². The van der Waals surface area contributed by atoms with E-state index in [2.05, 4.69) is 111 Å². The molecule has 0 aliphatic carbocycles. The van der Waals surface area contributed by atoms with Crippen LogP contribution in [0.15, 0.2) is 0 Å². The molecule has 0 amide bonds. The summed E-state index contributed by atoms with van der Waals surface area (Å²) in [7, 11) is -9.24. The van der Waals surface area contributed by atoms with Gasteiger partial charge in [0, 0.05) is 28.5 Å². The normalized spacial score (nSPS) is 20.2. The van der Waals surface area contributed by atoms with Gasteiger partial charge in [0.1, 0.15) is 0 Å². The number of nitriles is 4. The Bertz CT molecular complexity index is 1690. The van der Waals surface area contributed by atoms with Crippen molar-refractivity contribution in [3.05, 3.63) is 0 Å². The summed E-state index contributed by atoms with van der Waals surface area (Å²) in [4.78, 5) is 0. The first-order valence-electron chi connectivity index (χ1n) is 45.4. The fraction of sp³-hybridized carbons (Fsp3) is 0.952. The van der Waals surface area contributed by atoms with Crippen LogP contribution in [0.25, 0.3) is 0 Å². The molecule has 8 rings (SSSR count). The molecule has 0 atom stereocenters. The minimum atomic E-state index is -2.31. The Morgan fingerprint density at radius 1 is 0.176 bits per heavy atom. The molecule has 0 unspecified atom stereocenters. The number of hydrogen-bond donors (Lipinski definition) is 0. The van der Waals surface area contributed by atoms with Gasteiger partial charge in [-0.25, -0.2) is 21.0 Å². The first kappa shape index (κ1) is 112. The number of likely N-dealkylation sites (tertiary alicyclic amines) is 8. The average Bonchev–Trinajstić information content (AvgIpc) is 0.938. The van der Waals surface area contributed by atoms with Crippen molar-refractivity contribution in [3.8, 4) is 23.9 Å². The minimum absolute atomic E-state index is 0.917. The van der Waals surface area contributed by atoms with Gasteiger partial charge in [0.2, 0.25) is 0 Å². The molecule has 0 aromatic rings. The summed E-state index contributed by atoms with van der Waals surface area (Å²) in [6.07, 6.45) is 46.1. The zero-order valence-electron chi connectivity index (χ0n) is 74.2. The molecule has 8 saturated heterocycles. The maximum atomic E-state index is 8.98. The van der Waals surface area contributed by atoms with Gasteiger partial charge in [-0.3, -0.25) is 0 Å². The van der Waals surface area contributed by atoms with Crippen molar-refractivity contribution in [2.45, 2.75) is 316 Å². The lowest BCUT2D eigenvalue weighted by atomic mass is 9.97. The Hall–Kier alpha value is -2.42. The Labute approximate surface area is 671 Å². The Balaban J connectivity index is -0.000000553. The van der Waals surface area contributed by atoms with Crippen molar-refractivity contribution >= 4 is 28.5 Å². The van der Waals surface area contributed by atoms with Crippen LogP contribution in [-0.2, 0) is 0 Å². The second kappa shape index (κ2) is 71.1. The van der Waals surface area contributed by atoms with E-state index in [-0.39, 0.29) is 0 Å². The third kappa shape index (κ3) is 54.4. The van der Waals surface area contributed by atoms with Gasteiger partial charge in [0.05, 0.1) is 209 Å². The van der Waals surface area contributed by atoms with Crippen LogP contribution in [0.5, 0.6) is 0 Å². The monoisotopic (exact) mass is 1530 g/mol. The highest BCUT2D eigenvalue weighted by Gasteiger charge is 2.32. The van der Waals surface area contributed by atoms with Crippen molar-refractivity contribution in [1.29, 1.82) is 21.0 Å². The number of hydrogen-bond acceptors (Lipinski definition) is 12. The molecule has 8 aliphatic heterocycles. The van der Waals surface area contributed by atoms with E-state index < -0.39 is 28.5 Å². The summed E-state index contributed by atoms with van der Waals surface area (Å²) in [5.74, 6) is 3.67. The van der Waals surface area contributed by atoms with E-state index in [9.17, 15) is 0 Å². The maximum Gasteiger partial charge on any atom is 0.0786 e. The highest BCUT2D eigenvalue weighted by atomic mass is 16.4. The Morgan fingerprint density at radius 2 is 0.250 bits per heavy atom. The second-order valence-corrected chi connectivity index (χ2v) is 33.0. The summed E-state index contributed by atoms with van der Waals surface area (Å²) < 4.78 is 11.3. The molecule has 0 spiro atoms. The predicted molar refractivity (Wildman–Crippen MR) is 442 cm³/mol. The van der Waals surface area contributed by atoms with Crippen LogP contribution in [0, 0.1) is 44.9 Å². The number of piperidine rings is 8. The van der Waals surface area contributed by atoms with Gasteiger partial charge >= 0.3 is 0 Å². The fourth-order valence-electron chi connectivity index (χ4n) is 18.8. The smallest absolute Gasteiger partial charge is 0.0786 e. The molecule has 0 radical (unpaired) electrons. The van der Waals surface area contributed by atoms with Crippen molar-refractivity contribution in [3.63, 3.8) is 0 Å². The van der Waals surface area contributed by atoms with E-state index in [1.807, 2.05) is 0 Å². The molecule has 0 N–H and O–H groups in total. The minimum Gasteiger partial charge on any atom is -0.881 e. The van der Waals surface area contributed by atoms with Crippen LogP contribution >= 0.6 is 0 Å². The largest absolute Gasteiger partial charge is 0.881 e.